The molecule has 0 spiro atoms. The summed E-state index contributed by atoms with van der Waals surface area (Å²) in [6, 6.07) is 11.4. The van der Waals surface area contributed by atoms with Gasteiger partial charge in [0.2, 0.25) is 0 Å². The van der Waals surface area contributed by atoms with Crippen molar-refractivity contribution in [1.29, 1.82) is 0 Å². The Morgan fingerprint density at radius 3 is 2.42 bits per heavy atom. The Hall–Kier alpha value is -3.04. The van der Waals surface area contributed by atoms with E-state index >= 15 is 0 Å². The maximum atomic E-state index is 12.8. The molecular formula is C22H24N4O4S. The summed E-state index contributed by atoms with van der Waals surface area (Å²) in [5.41, 5.74) is 4.09. The van der Waals surface area contributed by atoms with E-state index in [9.17, 15) is 18.0 Å². The molecule has 31 heavy (non-hydrogen) atoms. The van der Waals surface area contributed by atoms with Crippen molar-refractivity contribution in [1.82, 2.24) is 20.0 Å². The molecule has 0 saturated heterocycles. The second kappa shape index (κ2) is 8.24. The van der Waals surface area contributed by atoms with E-state index < -0.39 is 15.9 Å². The second-order valence-electron chi connectivity index (χ2n) is 7.93. The van der Waals surface area contributed by atoms with E-state index in [0.29, 0.717) is 10.8 Å². The minimum absolute atomic E-state index is 0.0305. The van der Waals surface area contributed by atoms with E-state index in [1.807, 2.05) is 6.07 Å². The predicted octanol–water partition coefficient (Wildman–Crippen LogP) is 2.48. The number of nitrogens with one attached hydrogen (secondary N) is 2. The Balaban J connectivity index is 1.62. The Bertz CT molecular complexity index is 1330. The number of benzene rings is 2. The van der Waals surface area contributed by atoms with Crippen LogP contribution in [0.3, 0.4) is 0 Å². The summed E-state index contributed by atoms with van der Waals surface area (Å²) in [7, 11) is -3.96. The van der Waals surface area contributed by atoms with Crippen molar-refractivity contribution in [3.63, 3.8) is 0 Å². The van der Waals surface area contributed by atoms with Crippen molar-refractivity contribution in [2.24, 2.45) is 0 Å². The molecule has 3 aromatic rings. The van der Waals surface area contributed by atoms with Gasteiger partial charge in [0.05, 0.1) is 16.3 Å². The molecule has 162 valence electrons. The largest absolute Gasteiger partial charge is 0.287 e. The number of rotatable bonds is 5. The van der Waals surface area contributed by atoms with Crippen molar-refractivity contribution in [3.8, 4) is 0 Å². The number of hydrogen-bond donors (Lipinski definition) is 2. The van der Waals surface area contributed by atoms with Crippen molar-refractivity contribution in [2.75, 3.05) is 0 Å². The lowest BCUT2D eigenvalue weighted by Gasteiger charge is -2.17. The summed E-state index contributed by atoms with van der Waals surface area (Å²) >= 11 is 0. The Kier molecular flexibility index (Phi) is 5.63. The Morgan fingerprint density at radius 2 is 1.71 bits per heavy atom. The third-order valence-corrected chi connectivity index (χ3v) is 6.71. The molecule has 0 aliphatic heterocycles. The molecular weight excluding hydrogens is 416 g/mol. The number of sulfonamides is 1. The van der Waals surface area contributed by atoms with Crippen LogP contribution in [0.15, 0.2) is 52.2 Å². The highest BCUT2D eigenvalue weighted by Gasteiger charge is 2.22. The maximum Gasteiger partial charge on any atom is 0.287 e. The number of amides is 1. The van der Waals surface area contributed by atoms with Gasteiger partial charge in [-0.15, -0.1) is 4.83 Å². The fourth-order valence-electron chi connectivity index (χ4n) is 3.83. The number of fused-ring (bicyclic) bond motifs is 2. The van der Waals surface area contributed by atoms with Gasteiger partial charge in [-0.2, -0.15) is 5.10 Å². The molecule has 0 fully saturated rings. The highest BCUT2D eigenvalue weighted by Crippen LogP contribution is 2.24. The highest BCUT2D eigenvalue weighted by molar-refractivity contribution is 7.89. The smallest absolute Gasteiger partial charge is 0.272 e. The van der Waals surface area contributed by atoms with Crippen LogP contribution in [0.2, 0.25) is 0 Å². The van der Waals surface area contributed by atoms with Crippen LogP contribution in [0.25, 0.3) is 10.8 Å². The number of hydrazine groups is 1. The first-order valence-electron chi connectivity index (χ1n) is 10.2. The molecule has 2 N–H and O–H groups in total. The summed E-state index contributed by atoms with van der Waals surface area (Å²) in [5, 5.41) is 4.89. The van der Waals surface area contributed by atoms with Crippen LogP contribution in [0, 0.1) is 0 Å². The van der Waals surface area contributed by atoms with Crippen molar-refractivity contribution in [2.45, 2.75) is 50.5 Å². The molecule has 1 heterocycles. The van der Waals surface area contributed by atoms with Crippen LogP contribution in [-0.2, 0) is 22.9 Å². The average Bonchev–Trinajstić information content (AvgIpc) is 2.77. The van der Waals surface area contributed by atoms with Gasteiger partial charge in [-0.25, -0.2) is 13.1 Å². The van der Waals surface area contributed by atoms with Crippen LogP contribution < -0.4 is 15.8 Å². The zero-order valence-corrected chi connectivity index (χ0v) is 18.2. The molecule has 1 aliphatic carbocycles. The van der Waals surface area contributed by atoms with Gasteiger partial charge in [0.1, 0.15) is 0 Å². The van der Waals surface area contributed by atoms with E-state index in [-0.39, 0.29) is 22.2 Å². The lowest BCUT2D eigenvalue weighted by atomic mass is 9.92. The zero-order valence-electron chi connectivity index (χ0n) is 17.4. The van der Waals surface area contributed by atoms with Crippen LogP contribution in [0.1, 0.15) is 54.3 Å². The van der Waals surface area contributed by atoms with E-state index in [2.05, 4.69) is 15.4 Å². The molecule has 0 radical (unpaired) electrons. The van der Waals surface area contributed by atoms with E-state index in [4.69, 9.17) is 0 Å². The molecule has 4 rings (SSSR count). The van der Waals surface area contributed by atoms with Gasteiger partial charge < -0.3 is 0 Å². The third kappa shape index (κ3) is 4.11. The number of carbonyl (C=O) groups is 1. The zero-order chi connectivity index (χ0) is 22.2. The quantitative estimate of drug-likeness (QED) is 0.592. The molecule has 1 aromatic heterocycles. The minimum atomic E-state index is -3.96. The average molecular weight is 441 g/mol. The summed E-state index contributed by atoms with van der Waals surface area (Å²) in [5.74, 6) is -0.743. The van der Waals surface area contributed by atoms with Crippen LogP contribution in [0.5, 0.6) is 0 Å². The van der Waals surface area contributed by atoms with Crippen LogP contribution in [0.4, 0.5) is 0 Å². The summed E-state index contributed by atoms with van der Waals surface area (Å²) in [6.45, 7) is 3.56. The Labute approximate surface area is 180 Å². The van der Waals surface area contributed by atoms with Gasteiger partial charge in [0.25, 0.3) is 21.5 Å². The second-order valence-corrected chi connectivity index (χ2v) is 9.62. The lowest BCUT2D eigenvalue weighted by Crippen LogP contribution is -2.42. The van der Waals surface area contributed by atoms with Gasteiger partial charge in [0.15, 0.2) is 5.69 Å². The SMILES string of the molecule is CC(C)n1nc(C(=O)NNS(=O)(=O)c2ccc3c(c2)CCCC3)c2ccccc2c1=O. The predicted molar refractivity (Wildman–Crippen MR) is 117 cm³/mol. The van der Waals surface area contributed by atoms with Crippen molar-refractivity contribution < 1.29 is 13.2 Å². The number of hydrogen-bond acceptors (Lipinski definition) is 5. The molecule has 9 heteroatoms. The maximum absolute atomic E-state index is 12.8. The molecule has 0 atom stereocenters. The molecule has 0 bridgehead atoms. The van der Waals surface area contributed by atoms with Gasteiger partial charge >= 0.3 is 0 Å². The number of nitrogens with zero attached hydrogens (tertiary/aromatic N) is 2. The molecule has 0 saturated carbocycles. The van der Waals surface area contributed by atoms with E-state index in [1.165, 1.54) is 10.2 Å². The standard InChI is InChI=1S/C22H24N4O4S/c1-14(2)26-22(28)19-10-6-5-9-18(19)20(24-26)21(27)23-25-31(29,30)17-12-11-15-7-3-4-8-16(15)13-17/h5-6,9-14,25H,3-4,7-8H2,1-2H3,(H,23,27). The van der Waals surface area contributed by atoms with Crippen LogP contribution >= 0.6 is 0 Å². The molecule has 0 unspecified atom stereocenters. The molecule has 1 amide bonds. The van der Waals surface area contributed by atoms with Gasteiger partial charge in [-0.1, -0.05) is 24.3 Å². The van der Waals surface area contributed by atoms with Crippen molar-refractivity contribution in [3.05, 3.63) is 69.6 Å². The first-order chi connectivity index (χ1) is 14.8. The summed E-state index contributed by atoms with van der Waals surface area (Å²) in [6.07, 6.45) is 3.93. The van der Waals surface area contributed by atoms with E-state index in [0.717, 1.165) is 31.2 Å². The normalized spacial score (nSPS) is 13.9. The fraction of sp³-hybridized carbons (Fsp3) is 0.318. The van der Waals surface area contributed by atoms with Crippen LogP contribution in [-0.4, -0.2) is 24.1 Å². The lowest BCUT2D eigenvalue weighted by molar-refractivity contribution is 0.0939. The first kappa shape index (κ1) is 21.2. The highest BCUT2D eigenvalue weighted by atomic mass is 32.2. The first-order valence-corrected chi connectivity index (χ1v) is 11.7. The van der Waals surface area contributed by atoms with E-state index in [1.54, 1.807) is 50.2 Å². The van der Waals surface area contributed by atoms with Crippen molar-refractivity contribution >= 4 is 26.7 Å². The Morgan fingerprint density at radius 1 is 1.03 bits per heavy atom. The number of aryl methyl sites for hydroxylation is 2. The van der Waals surface area contributed by atoms with Gasteiger partial charge in [0, 0.05) is 5.39 Å². The topological polar surface area (TPSA) is 110 Å². The minimum Gasteiger partial charge on any atom is -0.272 e. The molecule has 1 aliphatic rings. The summed E-state index contributed by atoms with van der Waals surface area (Å²) in [4.78, 5) is 27.7. The molecule has 8 nitrogen and oxygen atoms in total. The summed E-state index contributed by atoms with van der Waals surface area (Å²) < 4.78 is 26.7. The third-order valence-electron chi connectivity index (χ3n) is 5.46. The molecule has 2 aromatic carbocycles. The number of carbonyl (C=O) groups excluding carboxylic acids is 1. The van der Waals surface area contributed by atoms with Gasteiger partial charge in [-0.3, -0.25) is 15.0 Å². The fourth-order valence-corrected chi connectivity index (χ4v) is 4.72. The number of aromatic nitrogens is 2. The van der Waals surface area contributed by atoms with Gasteiger partial charge in [-0.05, 0) is 68.9 Å². The monoisotopic (exact) mass is 440 g/mol.